The molecule has 0 spiro atoms. The molecule has 2 aliphatic rings. The minimum Gasteiger partial charge on any atom is -0.497 e. The number of aromatic amines is 1. The van der Waals surface area contributed by atoms with Crippen molar-refractivity contribution in [2.24, 2.45) is 0 Å². The van der Waals surface area contributed by atoms with E-state index in [1.807, 2.05) is 29.2 Å². The van der Waals surface area contributed by atoms with Crippen molar-refractivity contribution >= 4 is 16.8 Å². The molecule has 1 saturated heterocycles. The summed E-state index contributed by atoms with van der Waals surface area (Å²) in [6.45, 7) is 3.93. The highest BCUT2D eigenvalue weighted by molar-refractivity contribution is 5.98. The number of benzene rings is 2. The Labute approximate surface area is 184 Å². The number of ether oxygens (including phenoxy) is 1. The van der Waals surface area contributed by atoms with Gasteiger partial charge >= 0.3 is 0 Å². The summed E-state index contributed by atoms with van der Waals surface area (Å²) in [5, 5.41) is 1.28. The number of fused-ring (bicyclic) bond motifs is 2. The van der Waals surface area contributed by atoms with Crippen LogP contribution in [0.1, 0.15) is 47.2 Å². The van der Waals surface area contributed by atoms with Crippen molar-refractivity contribution in [2.45, 2.75) is 44.7 Å². The molecule has 5 heteroatoms. The predicted octanol–water partition coefficient (Wildman–Crippen LogP) is 4.62. The van der Waals surface area contributed by atoms with Crippen LogP contribution in [0.25, 0.3) is 10.9 Å². The van der Waals surface area contributed by atoms with Gasteiger partial charge in [-0.15, -0.1) is 0 Å². The molecule has 0 saturated carbocycles. The lowest BCUT2D eigenvalue weighted by atomic mass is 10.0. The summed E-state index contributed by atoms with van der Waals surface area (Å²) in [6.07, 6.45) is 7.97. The predicted molar refractivity (Wildman–Crippen MR) is 124 cm³/mol. The third-order valence-electron chi connectivity index (χ3n) is 6.95. The summed E-state index contributed by atoms with van der Waals surface area (Å²) >= 11 is 0. The Hall–Kier alpha value is -2.79. The highest BCUT2D eigenvalue weighted by atomic mass is 16.5. The smallest absolute Gasteiger partial charge is 0.254 e. The van der Waals surface area contributed by atoms with Gasteiger partial charge in [-0.1, -0.05) is 18.2 Å². The van der Waals surface area contributed by atoms with Gasteiger partial charge < -0.3 is 19.5 Å². The first-order chi connectivity index (χ1) is 15.2. The lowest BCUT2D eigenvalue weighted by molar-refractivity contribution is 0.0774. The van der Waals surface area contributed by atoms with Gasteiger partial charge in [-0.2, -0.15) is 0 Å². The molecule has 1 fully saturated rings. The van der Waals surface area contributed by atoms with Gasteiger partial charge in [0.1, 0.15) is 5.75 Å². The lowest BCUT2D eigenvalue weighted by Gasteiger charge is -2.25. The molecular weight excluding hydrogens is 386 g/mol. The van der Waals surface area contributed by atoms with Gasteiger partial charge in [0.2, 0.25) is 0 Å². The fraction of sp³-hybridized carbons (Fsp3) is 0.423. The molecule has 2 aliphatic heterocycles. The van der Waals surface area contributed by atoms with E-state index >= 15 is 0 Å². The third-order valence-corrected chi connectivity index (χ3v) is 6.95. The second-order valence-corrected chi connectivity index (χ2v) is 8.85. The standard InChI is InChI=1S/C26H31N3O2/c1-31-22-10-11-25-24(16-22)20(17-27-25)15-21-8-6-14-28(21)12-4-5-13-29-18-19-7-2-3-9-23(19)26(29)30/h2-3,7,9-11,16-17,21,27H,4-6,8,12-15,18H2,1H3/t21-/m1/s1. The highest BCUT2D eigenvalue weighted by Gasteiger charge is 2.27. The van der Waals surface area contributed by atoms with Crippen molar-refractivity contribution in [2.75, 3.05) is 26.7 Å². The SMILES string of the molecule is COc1ccc2[nH]cc(C[C@H]3CCCN3CCCCN3Cc4ccccc4C3=O)c2c1. The molecule has 1 atom stereocenters. The highest BCUT2D eigenvalue weighted by Crippen LogP contribution is 2.28. The molecule has 1 aromatic heterocycles. The first kappa shape index (κ1) is 20.1. The summed E-state index contributed by atoms with van der Waals surface area (Å²) in [4.78, 5) is 20.6. The average Bonchev–Trinajstić information content (AvgIpc) is 3.50. The lowest BCUT2D eigenvalue weighted by Crippen LogP contribution is -2.32. The Kier molecular flexibility index (Phi) is 5.68. The van der Waals surface area contributed by atoms with Gasteiger partial charge in [-0.3, -0.25) is 4.79 Å². The first-order valence-corrected chi connectivity index (χ1v) is 11.5. The molecule has 5 nitrogen and oxygen atoms in total. The van der Waals surface area contributed by atoms with Crippen molar-refractivity contribution in [3.05, 3.63) is 65.4 Å². The topological polar surface area (TPSA) is 48.6 Å². The number of H-pyrrole nitrogens is 1. The zero-order chi connectivity index (χ0) is 21.2. The number of unbranched alkanes of at least 4 members (excludes halogenated alkanes) is 1. The maximum Gasteiger partial charge on any atom is 0.254 e. The van der Waals surface area contributed by atoms with Gasteiger partial charge in [0.25, 0.3) is 5.91 Å². The second kappa shape index (κ2) is 8.75. The van der Waals surface area contributed by atoms with E-state index in [-0.39, 0.29) is 5.91 Å². The third kappa shape index (κ3) is 4.07. The second-order valence-electron chi connectivity index (χ2n) is 8.85. The van der Waals surface area contributed by atoms with Crippen molar-refractivity contribution in [3.8, 4) is 5.75 Å². The van der Waals surface area contributed by atoms with E-state index in [9.17, 15) is 4.79 Å². The molecule has 5 rings (SSSR count). The van der Waals surface area contributed by atoms with Crippen LogP contribution in [0.4, 0.5) is 0 Å². The van der Waals surface area contributed by atoms with Crippen molar-refractivity contribution in [3.63, 3.8) is 0 Å². The number of hydrogen-bond acceptors (Lipinski definition) is 3. The summed E-state index contributed by atoms with van der Waals surface area (Å²) in [5.74, 6) is 1.11. The van der Waals surface area contributed by atoms with Crippen LogP contribution in [-0.2, 0) is 13.0 Å². The molecule has 3 aromatic rings. The molecule has 2 aromatic carbocycles. The number of likely N-dealkylation sites (tertiary alicyclic amines) is 1. The Bertz CT molecular complexity index is 1070. The van der Waals surface area contributed by atoms with Crippen LogP contribution in [0.15, 0.2) is 48.7 Å². The normalized spacial score (nSPS) is 18.8. The maximum atomic E-state index is 12.5. The van der Waals surface area contributed by atoms with Crippen LogP contribution < -0.4 is 4.74 Å². The van der Waals surface area contributed by atoms with Crippen molar-refractivity contribution < 1.29 is 9.53 Å². The van der Waals surface area contributed by atoms with E-state index in [2.05, 4.69) is 34.3 Å². The molecule has 3 heterocycles. The van der Waals surface area contributed by atoms with E-state index < -0.39 is 0 Å². The maximum absolute atomic E-state index is 12.5. The number of methoxy groups -OCH3 is 1. The van der Waals surface area contributed by atoms with Gasteiger partial charge in [0.05, 0.1) is 7.11 Å². The Morgan fingerprint density at radius 3 is 2.87 bits per heavy atom. The summed E-state index contributed by atoms with van der Waals surface area (Å²) in [7, 11) is 1.72. The minimum atomic E-state index is 0.199. The van der Waals surface area contributed by atoms with Crippen molar-refractivity contribution in [1.82, 2.24) is 14.8 Å². The monoisotopic (exact) mass is 417 g/mol. The van der Waals surface area contributed by atoms with Gasteiger partial charge in [0.15, 0.2) is 0 Å². The molecule has 0 aliphatic carbocycles. The number of aromatic nitrogens is 1. The quantitative estimate of drug-likeness (QED) is 0.544. The van der Waals surface area contributed by atoms with Gasteiger partial charge in [0, 0.05) is 41.8 Å². The van der Waals surface area contributed by atoms with E-state index in [4.69, 9.17) is 4.74 Å². The molecule has 0 bridgehead atoms. The molecule has 162 valence electrons. The van der Waals surface area contributed by atoms with E-state index in [1.54, 1.807) is 7.11 Å². The van der Waals surface area contributed by atoms with Gasteiger partial charge in [-0.25, -0.2) is 0 Å². The van der Waals surface area contributed by atoms with Crippen LogP contribution in [0.5, 0.6) is 5.75 Å². The fourth-order valence-electron chi connectivity index (χ4n) is 5.24. The zero-order valence-corrected chi connectivity index (χ0v) is 18.3. The number of nitrogens with zero attached hydrogens (tertiary/aromatic N) is 2. The van der Waals surface area contributed by atoms with Crippen LogP contribution >= 0.6 is 0 Å². The summed E-state index contributed by atoms with van der Waals surface area (Å²) in [6, 6.07) is 14.9. The van der Waals surface area contributed by atoms with E-state index in [0.29, 0.717) is 6.04 Å². The zero-order valence-electron chi connectivity index (χ0n) is 18.3. The Balaban J connectivity index is 1.14. The average molecular weight is 418 g/mol. The number of carbonyl (C=O) groups excluding carboxylic acids is 1. The number of nitrogens with one attached hydrogen (secondary N) is 1. The Morgan fingerprint density at radius 2 is 2.00 bits per heavy atom. The number of hydrogen-bond donors (Lipinski definition) is 1. The number of amides is 1. The molecule has 1 N–H and O–H groups in total. The van der Waals surface area contributed by atoms with Crippen LogP contribution in [0.2, 0.25) is 0 Å². The number of carbonyl (C=O) groups is 1. The largest absolute Gasteiger partial charge is 0.497 e. The van der Waals surface area contributed by atoms with E-state index in [1.165, 1.54) is 41.4 Å². The van der Waals surface area contributed by atoms with Gasteiger partial charge in [-0.05, 0) is 80.6 Å². The van der Waals surface area contributed by atoms with Crippen LogP contribution in [0, 0.1) is 0 Å². The molecule has 31 heavy (non-hydrogen) atoms. The number of rotatable bonds is 8. The van der Waals surface area contributed by atoms with Crippen molar-refractivity contribution in [1.29, 1.82) is 0 Å². The van der Waals surface area contributed by atoms with E-state index in [0.717, 1.165) is 50.2 Å². The molecule has 0 unspecified atom stereocenters. The summed E-state index contributed by atoms with van der Waals surface area (Å²) < 4.78 is 5.42. The molecular formula is C26H31N3O2. The van der Waals surface area contributed by atoms with Crippen LogP contribution in [0.3, 0.4) is 0 Å². The molecule has 1 amide bonds. The first-order valence-electron chi connectivity index (χ1n) is 11.5. The fourth-order valence-corrected chi connectivity index (χ4v) is 5.24. The van der Waals surface area contributed by atoms with Crippen LogP contribution in [-0.4, -0.2) is 53.5 Å². The Morgan fingerprint density at radius 1 is 1.13 bits per heavy atom. The summed E-state index contributed by atoms with van der Waals surface area (Å²) in [5.41, 5.74) is 4.61. The molecule has 0 radical (unpaired) electrons. The minimum absolute atomic E-state index is 0.199.